The molecule has 2 aromatic rings. The minimum atomic E-state index is -10.7. The third-order valence-electron chi connectivity index (χ3n) is 2.55. The summed E-state index contributed by atoms with van der Waals surface area (Å²) in [6, 6.07) is 14.6. The Morgan fingerprint density at radius 2 is 1.24 bits per heavy atom. The molecule has 1 aromatic carbocycles. The Balaban J connectivity index is 0.000000270. The fourth-order valence-electron chi connectivity index (χ4n) is 1.56. The van der Waals surface area contributed by atoms with E-state index in [4.69, 9.17) is 0 Å². The van der Waals surface area contributed by atoms with E-state index in [9.17, 15) is 25.2 Å². The Kier molecular flexibility index (Phi) is 4.14. The molecule has 1 heterocycles. The molecule has 2 rings (SSSR count). The standard InChI is InChI=1S/C13H14N.F6P/c1-11-7-6-10-14(12(11)2)13-8-4-3-5-9-13;1-7(2,3,4,5)6/h3-10H,1-2H3;/q+1;-1. The summed E-state index contributed by atoms with van der Waals surface area (Å²) in [6.07, 6.45) is 2.09. The first kappa shape index (κ1) is 17.4. The number of hydrogen-bond acceptors (Lipinski definition) is 0. The molecular weight excluding hydrogens is 315 g/mol. The molecule has 0 aliphatic carbocycles. The normalized spacial score (nSPS) is 14.5. The topological polar surface area (TPSA) is 3.88 Å². The maximum atomic E-state index is 9.87. The van der Waals surface area contributed by atoms with Crippen molar-refractivity contribution in [3.05, 3.63) is 59.9 Å². The molecule has 1 nitrogen and oxygen atoms in total. The SMILES string of the molecule is Cc1ccc[n+](-c2ccccc2)c1C.F[P-](F)(F)(F)(F)F. The molecule has 0 bridgehead atoms. The summed E-state index contributed by atoms with van der Waals surface area (Å²) in [4.78, 5) is 0. The van der Waals surface area contributed by atoms with Crippen LogP contribution in [0.2, 0.25) is 0 Å². The van der Waals surface area contributed by atoms with Gasteiger partial charge >= 0.3 is 33.0 Å². The predicted octanol–water partition coefficient (Wildman–Crippen LogP) is 5.96. The van der Waals surface area contributed by atoms with Gasteiger partial charge in [-0.3, -0.25) is 0 Å². The first-order valence-electron chi connectivity index (χ1n) is 5.84. The van der Waals surface area contributed by atoms with E-state index in [1.54, 1.807) is 0 Å². The number of aryl methyl sites for hydroxylation is 1. The zero-order valence-corrected chi connectivity index (χ0v) is 12.2. The summed E-state index contributed by atoms with van der Waals surface area (Å²) < 4.78 is 61.4. The van der Waals surface area contributed by atoms with Crippen molar-refractivity contribution in [1.82, 2.24) is 0 Å². The van der Waals surface area contributed by atoms with Gasteiger partial charge in [0.15, 0.2) is 11.9 Å². The Morgan fingerprint density at radius 1 is 0.762 bits per heavy atom. The number of pyridine rings is 1. The van der Waals surface area contributed by atoms with Crippen LogP contribution in [0, 0.1) is 13.8 Å². The van der Waals surface area contributed by atoms with Crippen LogP contribution in [0.3, 0.4) is 0 Å². The van der Waals surface area contributed by atoms with E-state index in [0.29, 0.717) is 0 Å². The van der Waals surface area contributed by atoms with E-state index >= 15 is 0 Å². The van der Waals surface area contributed by atoms with Gasteiger partial charge < -0.3 is 0 Å². The van der Waals surface area contributed by atoms with Gasteiger partial charge in [-0.1, -0.05) is 18.2 Å². The number of benzene rings is 1. The molecule has 0 spiro atoms. The quantitative estimate of drug-likeness (QED) is 0.345. The van der Waals surface area contributed by atoms with Crippen LogP contribution in [0.15, 0.2) is 48.7 Å². The van der Waals surface area contributed by atoms with Crippen LogP contribution in [-0.2, 0) is 0 Å². The van der Waals surface area contributed by atoms with Crippen molar-refractivity contribution < 1.29 is 29.7 Å². The van der Waals surface area contributed by atoms with Gasteiger partial charge in [-0.05, 0) is 13.0 Å². The van der Waals surface area contributed by atoms with Gasteiger partial charge in [-0.25, -0.2) is 0 Å². The number of aromatic nitrogens is 1. The van der Waals surface area contributed by atoms with Crippen LogP contribution in [0.1, 0.15) is 11.3 Å². The third-order valence-corrected chi connectivity index (χ3v) is 2.55. The molecule has 0 radical (unpaired) electrons. The van der Waals surface area contributed by atoms with Gasteiger partial charge in [0.05, 0.1) is 0 Å². The van der Waals surface area contributed by atoms with Gasteiger partial charge in [0.1, 0.15) is 0 Å². The molecule has 0 aliphatic heterocycles. The monoisotopic (exact) mass is 329 g/mol. The van der Waals surface area contributed by atoms with Crippen molar-refractivity contribution in [3.63, 3.8) is 0 Å². The van der Waals surface area contributed by atoms with E-state index in [-0.39, 0.29) is 0 Å². The van der Waals surface area contributed by atoms with Crippen LogP contribution in [0.4, 0.5) is 25.2 Å². The van der Waals surface area contributed by atoms with Crippen molar-refractivity contribution in [3.8, 4) is 5.69 Å². The van der Waals surface area contributed by atoms with Crippen molar-refractivity contribution >= 4 is 7.81 Å². The van der Waals surface area contributed by atoms with Crippen LogP contribution in [-0.4, -0.2) is 0 Å². The summed E-state index contributed by atoms with van der Waals surface area (Å²) in [5, 5.41) is 0. The van der Waals surface area contributed by atoms with Crippen molar-refractivity contribution in [2.45, 2.75) is 13.8 Å². The molecule has 0 fully saturated rings. The van der Waals surface area contributed by atoms with Crippen LogP contribution >= 0.6 is 7.81 Å². The number of nitrogens with zero attached hydrogens (tertiary/aromatic N) is 1. The van der Waals surface area contributed by atoms with Crippen molar-refractivity contribution in [2.24, 2.45) is 0 Å². The molecule has 0 saturated heterocycles. The molecule has 8 heteroatoms. The second-order valence-electron chi connectivity index (χ2n) is 4.44. The van der Waals surface area contributed by atoms with Crippen LogP contribution in [0.5, 0.6) is 0 Å². The molecule has 0 N–H and O–H groups in total. The fourth-order valence-corrected chi connectivity index (χ4v) is 1.56. The molecule has 1 aromatic heterocycles. The second kappa shape index (κ2) is 4.98. The van der Waals surface area contributed by atoms with Gasteiger partial charge in [0.25, 0.3) is 0 Å². The van der Waals surface area contributed by atoms with Gasteiger partial charge in [-0.15, -0.1) is 0 Å². The van der Waals surface area contributed by atoms with Crippen LogP contribution < -0.4 is 4.57 Å². The zero-order valence-electron chi connectivity index (χ0n) is 11.3. The molecule has 0 saturated carbocycles. The Morgan fingerprint density at radius 3 is 1.71 bits per heavy atom. The maximum absolute atomic E-state index is 10.7. The number of para-hydroxylation sites is 1. The first-order valence-corrected chi connectivity index (χ1v) is 7.86. The number of halogens is 6. The molecule has 0 atom stereocenters. The minimum absolute atomic E-state index is 1.22. The summed E-state index contributed by atoms with van der Waals surface area (Å²) >= 11 is 0. The zero-order chi connectivity index (χ0) is 16.4. The van der Waals surface area contributed by atoms with E-state index in [0.717, 1.165) is 0 Å². The first-order chi connectivity index (χ1) is 9.24. The molecule has 0 aliphatic rings. The molecule has 21 heavy (non-hydrogen) atoms. The summed E-state index contributed by atoms with van der Waals surface area (Å²) in [7, 11) is -10.7. The van der Waals surface area contributed by atoms with E-state index < -0.39 is 7.81 Å². The Hall–Kier alpha value is -1.62. The van der Waals surface area contributed by atoms with Crippen molar-refractivity contribution in [2.75, 3.05) is 0 Å². The van der Waals surface area contributed by atoms with Crippen LogP contribution in [0.25, 0.3) is 5.69 Å². The van der Waals surface area contributed by atoms with Gasteiger partial charge in [0.2, 0.25) is 5.69 Å². The van der Waals surface area contributed by atoms with Gasteiger partial charge in [-0.2, -0.15) is 4.57 Å². The average molecular weight is 329 g/mol. The summed E-state index contributed by atoms with van der Waals surface area (Å²) in [5.41, 5.74) is 3.82. The number of hydrogen-bond donors (Lipinski definition) is 0. The molecule has 0 amide bonds. The van der Waals surface area contributed by atoms with E-state index in [1.165, 1.54) is 16.9 Å². The average Bonchev–Trinajstić information content (AvgIpc) is 2.30. The summed E-state index contributed by atoms with van der Waals surface area (Å²) in [6.45, 7) is 4.27. The van der Waals surface area contributed by atoms with Gasteiger partial charge in [0, 0.05) is 30.7 Å². The molecule has 118 valence electrons. The Bertz CT molecular complexity index is 610. The van der Waals surface area contributed by atoms with E-state index in [1.807, 2.05) is 6.07 Å². The second-order valence-corrected chi connectivity index (χ2v) is 6.36. The molecule has 0 unspecified atom stereocenters. The van der Waals surface area contributed by atoms with Crippen molar-refractivity contribution in [1.29, 1.82) is 0 Å². The predicted molar refractivity (Wildman–Crippen MR) is 71.0 cm³/mol. The molecular formula is C13H14F6NP. The third kappa shape index (κ3) is 8.30. The fraction of sp³-hybridized carbons (Fsp3) is 0.154. The number of rotatable bonds is 1. The Labute approximate surface area is 118 Å². The summed E-state index contributed by atoms with van der Waals surface area (Å²) in [5.74, 6) is 0. The van der Waals surface area contributed by atoms with E-state index in [2.05, 4.69) is 61.0 Å².